The Morgan fingerprint density at radius 3 is 2.70 bits per heavy atom. The van der Waals surface area contributed by atoms with Crippen LogP contribution in [0.4, 0.5) is 4.79 Å². The summed E-state index contributed by atoms with van der Waals surface area (Å²) in [6.45, 7) is 1.21. The summed E-state index contributed by atoms with van der Waals surface area (Å²) >= 11 is 0. The zero-order chi connectivity index (χ0) is 16.2. The number of benzene rings is 1. The lowest BCUT2D eigenvalue weighted by Crippen LogP contribution is -2.43. The van der Waals surface area contributed by atoms with Crippen LogP contribution in [-0.4, -0.2) is 60.1 Å². The van der Waals surface area contributed by atoms with Crippen molar-refractivity contribution in [3.05, 3.63) is 35.9 Å². The van der Waals surface area contributed by atoms with Gasteiger partial charge in [-0.3, -0.25) is 4.79 Å². The van der Waals surface area contributed by atoms with Crippen LogP contribution in [0.1, 0.15) is 12.0 Å². The largest absolute Gasteiger partial charge is 0.481 e. The number of aliphatic carboxylic acids is 1. The molecule has 23 heavy (non-hydrogen) atoms. The summed E-state index contributed by atoms with van der Waals surface area (Å²) in [4.78, 5) is 24.4. The lowest BCUT2D eigenvalue weighted by atomic mass is 10.2. The summed E-state index contributed by atoms with van der Waals surface area (Å²) < 4.78 is 16.6. The summed E-state index contributed by atoms with van der Waals surface area (Å²) in [6, 6.07) is 9.45. The number of nitrogens with zero attached hydrogens (tertiary/aromatic N) is 1. The molecule has 0 aliphatic carbocycles. The van der Waals surface area contributed by atoms with E-state index in [-0.39, 0.29) is 31.8 Å². The zero-order valence-corrected chi connectivity index (χ0v) is 12.6. The average molecular weight is 321 g/mol. The number of likely N-dealkylation sites (tertiary alicyclic amines) is 1. The van der Waals surface area contributed by atoms with E-state index in [0.29, 0.717) is 13.1 Å². The molecule has 2 heterocycles. The predicted molar refractivity (Wildman–Crippen MR) is 78.9 cm³/mol. The van der Waals surface area contributed by atoms with E-state index >= 15 is 0 Å². The first-order chi connectivity index (χ1) is 11.1. The van der Waals surface area contributed by atoms with Crippen molar-refractivity contribution in [2.45, 2.75) is 31.3 Å². The molecule has 1 amide bonds. The van der Waals surface area contributed by atoms with Crippen molar-refractivity contribution < 1.29 is 28.9 Å². The van der Waals surface area contributed by atoms with Gasteiger partial charge in [0, 0.05) is 0 Å². The Morgan fingerprint density at radius 2 is 1.96 bits per heavy atom. The standard InChI is InChI=1S/C16H19NO6/c18-15(19)6-12-10-21-13-7-17(8-14(13)23-12)16(20)22-9-11-4-2-1-3-5-11/h1-5,12-14H,6-10H2,(H,18,19). The highest BCUT2D eigenvalue weighted by molar-refractivity contribution is 5.68. The van der Waals surface area contributed by atoms with Crippen molar-refractivity contribution in [2.75, 3.05) is 19.7 Å². The first kappa shape index (κ1) is 15.8. The van der Waals surface area contributed by atoms with Gasteiger partial charge in [0.2, 0.25) is 0 Å². The minimum atomic E-state index is -0.922. The molecule has 1 aromatic carbocycles. The van der Waals surface area contributed by atoms with Gasteiger partial charge >= 0.3 is 12.1 Å². The van der Waals surface area contributed by atoms with Gasteiger partial charge in [-0.05, 0) is 5.56 Å². The molecule has 3 rings (SSSR count). The van der Waals surface area contributed by atoms with Crippen LogP contribution in [0.3, 0.4) is 0 Å². The molecule has 0 saturated carbocycles. The van der Waals surface area contributed by atoms with Gasteiger partial charge in [0.25, 0.3) is 0 Å². The molecule has 2 aliphatic rings. The van der Waals surface area contributed by atoms with Gasteiger partial charge in [-0.25, -0.2) is 4.79 Å². The fourth-order valence-electron chi connectivity index (χ4n) is 2.81. The van der Waals surface area contributed by atoms with Gasteiger partial charge in [0.15, 0.2) is 0 Å². The Morgan fingerprint density at radius 1 is 1.22 bits per heavy atom. The minimum Gasteiger partial charge on any atom is -0.481 e. The molecule has 124 valence electrons. The number of carboxylic acids is 1. The third-order valence-corrected chi connectivity index (χ3v) is 3.94. The first-order valence-electron chi connectivity index (χ1n) is 7.56. The zero-order valence-electron chi connectivity index (χ0n) is 12.6. The van der Waals surface area contributed by atoms with Crippen LogP contribution >= 0.6 is 0 Å². The maximum absolute atomic E-state index is 12.1. The molecule has 2 aliphatic heterocycles. The predicted octanol–water partition coefficient (Wildman–Crippen LogP) is 1.27. The second-order valence-corrected chi connectivity index (χ2v) is 5.71. The van der Waals surface area contributed by atoms with Crippen LogP contribution in [0.2, 0.25) is 0 Å². The van der Waals surface area contributed by atoms with Gasteiger partial charge in [0.1, 0.15) is 18.8 Å². The molecule has 1 aromatic rings. The quantitative estimate of drug-likeness (QED) is 0.899. The van der Waals surface area contributed by atoms with Gasteiger partial charge < -0.3 is 24.2 Å². The number of carboxylic acid groups (broad SMARTS) is 1. The highest BCUT2D eigenvalue weighted by Gasteiger charge is 2.42. The number of rotatable bonds is 4. The van der Waals surface area contributed by atoms with Crippen molar-refractivity contribution in [2.24, 2.45) is 0 Å². The Hall–Kier alpha value is -2.12. The summed E-state index contributed by atoms with van der Waals surface area (Å²) in [6.07, 6.45) is -1.48. The molecule has 0 aromatic heterocycles. The average Bonchev–Trinajstić information content (AvgIpc) is 2.96. The molecule has 1 N–H and O–H groups in total. The molecular weight excluding hydrogens is 302 g/mol. The fourth-order valence-corrected chi connectivity index (χ4v) is 2.81. The number of hydrogen-bond acceptors (Lipinski definition) is 5. The second kappa shape index (κ2) is 6.97. The van der Waals surface area contributed by atoms with E-state index < -0.39 is 18.2 Å². The van der Waals surface area contributed by atoms with Gasteiger partial charge in [-0.1, -0.05) is 30.3 Å². The van der Waals surface area contributed by atoms with E-state index in [1.807, 2.05) is 30.3 Å². The van der Waals surface area contributed by atoms with Crippen molar-refractivity contribution in [1.82, 2.24) is 4.90 Å². The van der Waals surface area contributed by atoms with Crippen LogP contribution in [0.15, 0.2) is 30.3 Å². The van der Waals surface area contributed by atoms with E-state index in [4.69, 9.17) is 19.3 Å². The van der Waals surface area contributed by atoms with Gasteiger partial charge in [-0.15, -0.1) is 0 Å². The van der Waals surface area contributed by atoms with Crippen molar-refractivity contribution >= 4 is 12.1 Å². The van der Waals surface area contributed by atoms with E-state index in [1.54, 1.807) is 4.90 Å². The maximum Gasteiger partial charge on any atom is 0.410 e. The Kier molecular flexibility index (Phi) is 4.78. The molecule has 3 unspecified atom stereocenters. The lowest BCUT2D eigenvalue weighted by Gasteiger charge is -2.30. The summed E-state index contributed by atoms with van der Waals surface area (Å²) in [7, 11) is 0. The Labute approximate surface area is 133 Å². The number of carbonyl (C=O) groups is 2. The second-order valence-electron chi connectivity index (χ2n) is 5.71. The molecule has 0 bridgehead atoms. The van der Waals surface area contributed by atoms with Crippen LogP contribution in [0.5, 0.6) is 0 Å². The van der Waals surface area contributed by atoms with Gasteiger partial charge in [0.05, 0.1) is 32.2 Å². The SMILES string of the molecule is O=C(O)CC1COC2CN(C(=O)OCc3ccccc3)CC2O1. The van der Waals surface area contributed by atoms with E-state index in [2.05, 4.69) is 0 Å². The minimum absolute atomic E-state index is 0.0956. The highest BCUT2D eigenvalue weighted by Crippen LogP contribution is 2.25. The smallest absolute Gasteiger partial charge is 0.410 e. The van der Waals surface area contributed by atoms with Crippen LogP contribution in [0.25, 0.3) is 0 Å². The molecule has 7 nitrogen and oxygen atoms in total. The topological polar surface area (TPSA) is 85.3 Å². The molecule has 0 radical (unpaired) electrons. The monoisotopic (exact) mass is 321 g/mol. The normalized spacial score (nSPS) is 26.6. The summed E-state index contributed by atoms with van der Waals surface area (Å²) in [5.74, 6) is -0.922. The first-order valence-corrected chi connectivity index (χ1v) is 7.56. The van der Waals surface area contributed by atoms with Gasteiger partial charge in [-0.2, -0.15) is 0 Å². The van der Waals surface area contributed by atoms with Crippen molar-refractivity contribution in [3.63, 3.8) is 0 Å². The molecule has 2 fully saturated rings. The summed E-state index contributed by atoms with van der Waals surface area (Å²) in [5.41, 5.74) is 0.923. The fraction of sp³-hybridized carbons (Fsp3) is 0.500. The third kappa shape index (κ3) is 4.00. The maximum atomic E-state index is 12.1. The highest BCUT2D eigenvalue weighted by atomic mass is 16.6. The van der Waals surface area contributed by atoms with E-state index in [0.717, 1.165) is 5.56 Å². The number of fused-ring (bicyclic) bond motifs is 1. The number of hydrogen-bond donors (Lipinski definition) is 1. The third-order valence-electron chi connectivity index (χ3n) is 3.94. The molecule has 7 heteroatoms. The summed E-state index contributed by atoms with van der Waals surface area (Å²) in [5, 5.41) is 8.80. The van der Waals surface area contributed by atoms with Crippen molar-refractivity contribution in [1.29, 1.82) is 0 Å². The van der Waals surface area contributed by atoms with Crippen molar-refractivity contribution in [3.8, 4) is 0 Å². The van der Waals surface area contributed by atoms with Crippen LogP contribution in [-0.2, 0) is 25.6 Å². The Balaban J connectivity index is 1.49. The molecule has 3 atom stereocenters. The van der Waals surface area contributed by atoms with E-state index in [9.17, 15) is 9.59 Å². The molecule has 0 spiro atoms. The Bertz CT molecular complexity index is 563. The number of carbonyl (C=O) groups excluding carboxylic acids is 1. The number of amides is 1. The molecule has 2 saturated heterocycles. The number of ether oxygens (including phenoxy) is 3. The van der Waals surface area contributed by atoms with E-state index in [1.165, 1.54) is 0 Å². The molecular formula is C16H19NO6. The van der Waals surface area contributed by atoms with Crippen LogP contribution < -0.4 is 0 Å². The lowest BCUT2D eigenvalue weighted by molar-refractivity contribution is -0.171. The van der Waals surface area contributed by atoms with Crippen LogP contribution in [0, 0.1) is 0 Å².